The summed E-state index contributed by atoms with van der Waals surface area (Å²) in [6.07, 6.45) is 0.810. The summed E-state index contributed by atoms with van der Waals surface area (Å²) in [4.78, 5) is 10.9. The van der Waals surface area contributed by atoms with Gasteiger partial charge in [0.15, 0.2) is 0 Å². The molecule has 0 saturated carbocycles. The van der Waals surface area contributed by atoms with E-state index in [1.54, 1.807) is 12.1 Å². The van der Waals surface area contributed by atoms with E-state index < -0.39 is 6.10 Å². The van der Waals surface area contributed by atoms with Crippen molar-refractivity contribution >= 4 is 5.97 Å². The summed E-state index contributed by atoms with van der Waals surface area (Å²) in [7, 11) is 1.33. The number of aliphatic hydroxyl groups excluding tert-OH is 1. The van der Waals surface area contributed by atoms with Gasteiger partial charge in [0.1, 0.15) is 5.82 Å². The number of esters is 1. The molecule has 1 rings (SSSR count). The quantitative estimate of drug-likeness (QED) is 0.551. The lowest BCUT2D eigenvalue weighted by atomic mass is 10.1. The first-order valence-electron chi connectivity index (χ1n) is 6.32. The molecule has 1 aromatic carbocycles. The molecular weight excluding hydrogens is 249 g/mol. The number of ether oxygens (including phenoxy) is 1. The summed E-state index contributed by atoms with van der Waals surface area (Å²) in [6, 6.07) is 6.34. The molecule has 0 amide bonds. The molecule has 1 unspecified atom stereocenters. The van der Waals surface area contributed by atoms with Gasteiger partial charge in [-0.05, 0) is 37.1 Å². The lowest BCUT2D eigenvalue weighted by Crippen LogP contribution is -2.29. The minimum Gasteiger partial charge on any atom is -0.469 e. The number of methoxy groups -OCH3 is 1. The van der Waals surface area contributed by atoms with Gasteiger partial charge in [-0.1, -0.05) is 12.1 Å². The Morgan fingerprint density at radius 3 is 2.74 bits per heavy atom. The van der Waals surface area contributed by atoms with Crippen molar-refractivity contribution in [3.8, 4) is 0 Å². The second-order valence-electron chi connectivity index (χ2n) is 4.35. The minimum atomic E-state index is -0.563. The first-order chi connectivity index (χ1) is 9.11. The number of carbonyl (C=O) groups is 1. The summed E-state index contributed by atoms with van der Waals surface area (Å²) >= 11 is 0. The van der Waals surface area contributed by atoms with Crippen molar-refractivity contribution in [2.75, 3.05) is 20.2 Å². The molecule has 0 radical (unpaired) electrons. The molecule has 0 aromatic heterocycles. The van der Waals surface area contributed by atoms with Crippen LogP contribution in [0.15, 0.2) is 24.3 Å². The van der Waals surface area contributed by atoms with E-state index in [0.717, 1.165) is 12.0 Å². The van der Waals surface area contributed by atoms with Crippen LogP contribution in [0.4, 0.5) is 4.39 Å². The standard InChI is InChI=1S/C14H20FNO3/c1-19-14(18)7-6-13(17)10-16-9-8-11-2-4-12(15)5-3-11/h2-5,13,16-17H,6-10H2,1H3. The van der Waals surface area contributed by atoms with Gasteiger partial charge in [-0.2, -0.15) is 0 Å². The third-order valence-corrected chi connectivity index (χ3v) is 2.79. The van der Waals surface area contributed by atoms with Gasteiger partial charge in [0.25, 0.3) is 0 Å². The maximum Gasteiger partial charge on any atom is 0.305 e. The molecule has 0 fully saturated rings. The first-order valence-corrected chi connectivity index (χ1v) is 6.32. The minimum absolute atomic E-state index is 0.220. The van der Waals surface area contributed by atoms with Crippen LogP contribution in [0.2, 0.25) is 0 Å². The maximum atomic E-state index is 12.7. The highest BCUT2D eigenvalue weighted by Gasteiger charge is 2.07. The average molecular weight is 269 g/mol. The van der Waals surface area contributed by atoms with Crippen molar-refractivity contribution in [3.63, 3.8) is 0 Å². The van der Waals surface area contributed by atoms with Crippen LogP contribution in [0.3, 0.4) is 0 Å². The molecule has 0 heterocycles. The summed E-state index contributed by atoms with van der Waals surface area (Å²) in [5.41, 5.74) is 1.04. The smallest absolute Gasteiger partial charge is 0.305 e. The van der Waals surface area contributed by atoms with Crippen LogP contribution in [0.5, 0.6) is 0 Å². The van der Waals surface area contributed by atoms with Gasteiger partial charge < -0.3 is 15.2 Å². The van der Waals surface area contributed by atoms with E-state index in [2.05, 4.69) is 10.1 Å². The van der Waals surface area contributed by atoms with Gasteiger partial charge >= 0.3 is 5.97 Å². The van der Waals surface area contributed by atoms with Gasteiger partial charge in [-0.3, -0.25) is 4.79 Å². The van der Waals surface area contributed by atoms with Crippen molar-refractivity contribution in [3.05, 3.63) is 35.6 Å². The Morgan fingerprint density at radius 2 is 2.11 bits per heavy atom. The second kappa shape index (κ2) is 8.61. The first kappa shape index (κ1) is 15.6. The number of halogens is 1. The predicted octanol–water partition coefficient (Wildman–Crippen LogP) is 1.27. The Labute approximate surface area is 112 Å². The second-order valence-corrected chi connectivity index (χ2v) is 4.35. The normalized spacial score (nSPS) is 12.2. The van der Waals surface area contributed by atoms with E-state index >= 15 is 0 Å². The molecule has 19 heavy (non-hydrogen) atoms. The highest BCUT2D eigenvalue weighted by atomic mass is 19.1. The Bertz CT molecular complexity index is 381. The Kier molecular flexibility index (Phi) is 7.07. The van der Waals surface area contributed by atoms with Crippen LogP contribution in [0.1, 0.15) is 18.4 Å². The average Bonchev–Trinajstić information content (AvgIpc) is 2.42. The molecule has 106 valence electrons. The van der Waals surface area contributed by atoms with E-state index in [0.29, 0.717) is 19.5 Å². The van der Waals surface area contributed by atoms with E-state index in [4.69, 9.17) is 0 Å². The summed E-state index contributed by atoms with van der Waals surface area (Å²) in [5.74, 6) is -0.555. The Hall–Kier alpha value is -1.46. The zero-order chi connectivity index (χ0) is 14.1. The van der Waals surface area contributed by atoms with Crippen molar-refractivity contribution in [1.29, 1.82) is 0 Å². The molecule has 0 bridgehead atoms. The van der Waals surface area contributed by atoms with Crippen molar-refractivity contribution in [2.24, 2.45) is 0 Å². The monoisotopic (exact) mass is 269 g/mol. The van der Waals surface area contributed by atoms with Gasteiger partial charge in [0.05, 0.1) is 13.2 Å². The van der Waals surface area contributed by atoms with Crippen molar-refractivity contribution in [2.45, 2.75) is 25.4 Å². The molecule has 0 aliphatic heterocycles. The van der Waals surface area contributed by atoms with Crippen LogP contribution in [-0.2, 0) is 16.0 Å². The van der Waals surface area contributed by atoms with Crippen molar-refractivity contribution in [1.82, 2.24) is 5.32 Å². The van der Waals surface area contributed by atoms with E-state index in [9.17, 15) is 14.3 Å². The van der Waals surface area contributed by atoms with Crippen molar-refractivity contribution < 1.29 is 19.0 Å². The lowest BCUT2D eigenvalue weighted by molar-refractivity contribution is -0.141. The summed E-state index contributed by atoms with van der Waals surface area (Å²) in [5, 5.41) is 12.7. The third kappa shape index (κ3) is 6.88. The van der Waals surface area contributed by atoms with E-state index in [1.165, 1.54) is 19.2 Å². The molecular formula is C14H20FNO3. The zero-order valence-corrected chi connectivity index (χ0v) is 11.1. The molecule has 0 aliphatic rings. The molecule has 4 nitrogen and oxygen atoms in total. The largest absolute Gasteiger partial charge is 0.469 e. The predicted molar refractivity (Wildman–Crippen MR) is 70.2 cm³/mol. The van der Waals surface area contributed by atoms with Gasteiger partial charge in [0, 0.05) is 13.0 Å². The van der Waals surface area contributed by atoms with Crippen LogP contribution in [0.25, 0.3) is 0 Å². The number of hydrogen-bond donors (Lipinski definition) is 2. The highest BCUT2D eigenvalue weighted by molar-refractivity contribution is 5.69. The fourth-order valence-corrected chi connectivity index (χ4v) is 1.64. The topological polar surface area (TPSA) is 58.6 Å². The Morgan fingerprint density at radius 1 is 1.42 bits per heavy atom. The van der Waals surface area contributed by atoms with Gasteiger partial charge in [0.2, 0.25) is 0 Å². The number of benzene rings is 1. The zero-order valence-electron chi connectivity index (χ0n) is 11.1. The summed E-state index contributed by atoms with van der Waals surface area (Å²) in [6.45, 7) is 1.12. The Balaban J connectivity index is 2.10. The summed E-state index contributed by atoms with van der Waals surface area (Å²) < 4.78 is 17.2. The molecule has 5 heteroatoms. The van der Waals surface area contributed by atoms with Gasteiger partial charge in [-0.25, -0.2) is 4.39 Å². The van der Waals surface area contributed by atoms with Crippen LogP contribution < -0.4 is 5.32 Å². The van der Waals surface area contributed by atoms with Crippen LogP contribution >= 0.6 is 0 Å². The van der Waals surface area contributed by atoms with E-state index in [-0.39, 0.29) is 18.2 Å². The maximum absolute atomic E-state index is 12.7. The fraction of sp³-hybridized carbons (Fsp3) is 0.500. The lowest BCUT2D eigenvalue weighted by Gasteiger charge is -2.11. The molecule has 0 spiro atoms. The molecule has 1 aromatic rings. The van der Waals surface area contributed by atoms with Crippen LogP contribution in [0, 0.1) is 5.82 Å². The van der Waals surface area contributed by atoms with Gasteiger partial charge in [-0.15, -0.1) is 0 Å². The van der Waals surface area contributed by atoms with E-state index in [1.807, 2.05) is 0 Å². The number of nitrogens with one attached hydrogen (secondary N) is 1. The number of aliphatic hydroxyl groups is 1. The molecule has 0 saturated heterocycles. The highest BCUT2D eigenvalue weighted by Crippen LogP contribution is 2.03. The molecule has 1 atom stereocenters. The number of carbonyl (C=O) groups excluding carboxylic acids is 1. The van der Waals surface area contributed by atoms with Crippen LogP contribution in [-0.4, -0.2) is 37.4 Å². The number of hydrogen-bond acceptors (Lipinski definition) is 4. The third-order valence-electron chi connectivity index (χ3n) is 2.79. The number of rotatable bonds is 8. The molecule has 2 N–H and O–H groups in total. The molecule has 0 aliphatic carbocycles. The fourth-order valence-electron chi connectivity index (χ4n) is 1.64. The SMILES string of the molecule is COC(=O)CCC(O)CNCCc1ccc(F)cc1.